The standard InChI is InChI=1S/C17H16O3/c1-11-7-4-5-9-13(11)19-14-10-6-8-12-15(14)20-16(18)17(12,2)3/h4-10H,1-3H3. The van der Waals surface area contributed by atoms with Gasteiger partial charge in [-0.2, -0.15) is 0 Å². The number of para-hydroxylation sites is 2. The van der Waals surface area contributed by atoms with Gasteiger partial charge in [0.1, 0.15) is 5.75 Å². The minimum Gasteiger partial charge on any atom is -0.453 e. The van der Waals surface area contributed by atoms with Gasteiger partial charge < -0.3 is 9.47 Å². The molecule has 1 aliphatic rings. The van der Waals surface area contributed by atoms with Crippen molar-refractivity contribution in [3.8, 4) is 17.2 Å². The molecule has 0 bridgehead atoms. The molecule has 3 rings (SSSR count). The molecule has 1 heterocycles. The zero-order valence-corrected chi connectivity index (χ0v) is 11.8. The van der Waals surface area contributed by atoms with E-state index in [0.29, 0.717) is 11.5 Å². The van der Waals surface area contributed by atoms with E-state index in [4.69, 9.17) is 9.47 Å². The Bertz CT molecular complexity index is 686. The molecule has 0 N–H and O–H groups in total. The number of hydrogen-bond acceptors (Lipinski definition) is 3. The molecule has 0 radical (unpaired) electrons. The maximum Gasteiger partial charge on any atom is 0.321 e. The van der Waals surface area contributed by atoms with E-state index < -0.39 is 5.41 Å². The molecule has 0 spiro atoms. The Balaban J connectivity index is 2.04. The van der Waals surface area contributed by atoms with Crippen LogP contribution in [0.25, 0.3) is 0 Å². The molecule has 0 atom stereocenters. The third kappa shape index (κ3) is 1.86. The Morgan fingerprint density at radius 2 is 1.70 bits per heavy atom. The Morgan fingerprint density at radius 1 is 1.00 bits per heavy atom. The zero-order chi connectivity index (χ0) is 14.3. The van der Waals surface area contributed by atoms with Crippen molar-refractivity contribution in [2.45, 2.75) is 26.2 Å². The fourth-order valence-electron chi connectivity index (χ4n) is 2.31. The molecule has 0 aromatic heterocycles. The average molecular weight is 268 g/mol. The van der Waals surface area contributed by atoms with E-state index in [9.17, 15) is 4.79 Å². The predicted molar refractivity (Wildman–Crippen MR) is 76.4 cm³/mol. The van der Waals surface area contributed by atoms with Crippen LogP contribution < -0.4 is 9.47 Å². The topological polar surface area (TPSA) is 35.5 Å². The minimum atomic E-state index is -0.625. The first-order valence-electron chi connectivity index (χ1n) is 6.59. The summed E-state index contributed by atoms with van der Waals surface area (Å²) in [6, 6.07) is 13.4. The highest BCUT2D eigenvalue weighted by Gasteiger charge is 2.42. The van der Waals surface area contributed by atoms with E-state index in [1.165, 1.54) is 0 Å². The van der Waals surface area contributed by atoms with E-state index in [1.54, 1.807) is 0 Å². The summed E-state index contributed by atoms with van der Waals surface area (Å²) in [5.74, 6) is 1.64. The molecule has 0 saturated heterocycles. The van der Waals surface area contributed by atoms with Crippen LogP contribution in [0.2, 0.25) is 0 Å². The van der Waals surface area contributed by atoms with Gasteiger partial charge in [0.25, 0.3) is 0 Å². The van der Waals surface area contributed by atoms with E-state index in [0.717, 1.165) is 16.9 Å². The molecule has 102 valence electrons. The van der Waals surface area contributed by atoms with Crippen LogP contribution in [0, 0.1) is 6.92 Å². The lowest BCUT2D eigenvalue weighted by Gasteiger charge is -2.13. The van der Waals surface area contributed by atoms with Crippen LogP contribution in [0.3, 0.4) is 0 Å². The Morgan fingerprint density at radius 3 is 2.45 bits per heavy atom. The Hall–Kier alpha value is -2.29. The SMILES string of the molecule is Cc1ccccc1Oc1cccc2c1OC(=O)C2(C)C. The van der Waals surface area contributed by atoms with Crippen LogP contribution in [0.5, 0.6) is 17.2 Å². The summed E-state index contributed by atoms with van der Waals surface area (Å²) >= 11 is 0. The van der Waals surface area contributed by atoms with Crippen LogP contribution in [-0.2, 0) is 10.2 Å². The highest BCUT2D eigenvalue weighted by atomic mass is 16.6. The van der Waals surface area contributed by atoms with Crippen molar-refractivity contribution in [1.29, 1.82) is 0 Å². The van der Waals surface area contributed by atoms with Gasteiger partial charge in [-0.25, -0.2) is 0 Å². The molecule has 0 unspecified atom stereocenters. The lowest BCUT2D eigenvalue weighted by atomic mass is 9.86. The number of esters is 1. The van der Waals surface area contributed by atoms with Crippen molar-refractivity contribution in [2.24, 2.45) is 0 Å². The molecule has 0 amide bonds. The molecular weight excluding hydrogens is 252 g/mol. The third-order valence-corrected chi connectivity index (χ3v) is 3.67. The van der Waals surface area contributed by atoms with Gasteiger partial charge in [0.15, 0.2) is 11.5 Å². The number of hydrogen-bond donors (Lipinski definition) is 0. The number of carbonyl (C=O) groups excluding carboxylic acids is 1. The van der Waals surface area contributed by atoms with Gasteiger partial charge in [-0.1, -0.05) is 30.3 Å². The van der Waals surface area contributed by atoms with E-state index >= 15 is 0 Å². The first-order valence-corrected chi connectivity index (χ1v) is 6.59. The van der Waals surface area contributed by atoms with Crippen molar-refractivity contribution in [2.75, 3.05) is 0 Å². The van der Waals surface area contributed by atoms with Crippen LogP contribution in [0.4, 0.5) is 0 Å². The fourth-order valence-corrected chi connectivity index (χ4v) is 2.31. The summed E-state index contributed by atoms with van der Waals surface area (Å²) in [5.41, 5.74) is 1.28. The highest BCUT2D eigenvalue weighted by Crippen LogP contribution is 2.46. The first-order chi connectivity index (χ1) is 9.50. The lowest BCUT2D eigenvalue weighted by molar-refractivity contribution is -0.137. The maximum absolute atomic E-state index is 11.9. The number of rotatable bonds is 2. The summed E-state index contributed by atoms with van der Waals surface area (Å²) in [7, 11) is 0. The number of fused-ring (bicyclic) bond motifs is 1. The first kappa shape index (κ1) is 12.7. The van der Waals surface area contributed by atoms with Gasteiger partial charge >= 0.3 is 5.97 Å². The predicted octanol–water partition coefficient (Wildman–Crippen LogP) is 3.98. The minimum absolute atomic E-state index is 0.242. The summed E-state index contributed by atoms with van der Waals surface area (Å²) in [6.45, 7) is 5.70. The quantitative estimate of drug-likeness (QED) is 0.610. The van der Waals surface area contributed by atoms with Crippen LogP contribution >= 0.6 is 0 Å². The summed E-state index contributed by atoms with van der Waals surface area (Å²) in [4.78, 5) is 11.9. The number of benzene rings is 2. The summed E-state index contributed by atoms with van der Waals surface area (Å²) in [5, 5.41) is 0. The molecule has 0 fully saturated rings. The number of carbonyl (C=O) groups is 1. The molecule has 20 heavy (non-hydrogen) atoms. The number of aryl methyl sites for hydroxylation is 1. The van der Waals surface area contributed by atoms with E-state index in [1.807, 2.05) is 63.2 Å². The maximum atomic E-state index is 11.9. The highest BCUT2D eigenvalue weighted by molar-refractivity contribution is 5.90. The van der Waals surface area contributed by atoms with Gasteiger partial charge in [0.05, 0.1) is 5.41 Å². The normalized spacial score (nSPS) is 15.7. The van der Waals surface area contributed by atoms with Crippen molar-refractivity contribution < 1.29 is 14.3 Å². The Labute approximate surface area is 118 Å². The van der Waals surface area contributed by atoms with Gasteiger partial charge in [-0.15, -0.1) is 0 Å². The smallest absolute Gasteiger partial charge is 0.321 e. The molecule has 2 aromatic rings. The fraction of sp³-hybridized carbons (Fsp3) is 0.235. The zero-order valence-electron chi connectivity index (χ0n) is 11.8. The summed E-state index contributed by atoms with van der Waals surface area (Å²) in [6.07, 6.45) is 0. The van der Waals surface area contributed by atoms with Gasteiger partial charge in [-0.3, -0.25) is 4.79 Å². The molecule has 0 saturated carbocycles. The molecular formula is C17H16O3. The Kier molecular flexibility index (Phi) is 2.78. The van der Waals surface area contributed by atoms with Gasteiger partial charge in [0, 0.05) is 5.56 Å². The lowest BCUT2D eigenvalue weighted by Crippen LogP contribution is -2.25. The van der Waals surface area contributed by atoms with Crippen LogP contribution in [0.1, 0.15) is 25.0 Å². The van der Waals surface area contributed by atoms with E-state index in [2.05, 4.69) is 0 Å². The molecule has 0 aliphatic carbocycles. The van der Waals surface area contributed by atoms with Gasteiger partial charge in [-0.05, 0) is 38.5 Å². The molecule has 3 heteroatoms. The average Bonchev–Trinajstić information content (AvgIpc) is 2.65. The summed E-state index contributed by atoms with van der Waals surface area (Å²) < 4.78 is 11.3. The van der Waals surface area contributed by atoms with Gasteiger partial charge in [0.2, 0.25) is 0 Å². The van der Waals surface area contributed by atoms with Crippen LogP contribution in [0.15, 0.2) is 42.5 Å². The molecule has 3 nitrogen and oxygen atoms in total. The number of ether oxygens (including phenoxy) is 2. The molecule has 1 aliphatic heterocycles. The van der Waals surface area contributed by atoms with Crippen molar-refractivity contribution in [3.63, 3.8) is 0 Å². The second kappa shape index (κ2) is 4.37. The second-order valence-corrected chi connectivity index (χ2v) is 5.51. The largest absolute Gasteiger partial charge is 0.453 e. The monoisotopic (exact) mass is 268 g/mol. The van der Waals surface area contributed by atoms with Crippen LogP contribution in [-0.4, -0.2) is 5.97 Å². The van der Waals surface area contributed by atoms with Crippen molar-refractivity contribution in [1.82, 2.24) is 0 Å². The molecule has 2 aromatic carbocycles. The van der Waals surface area contributed by atoms with Crippen molar-refractivity contribution in [3.05, 3.63) is 53.6 Å². The third-order valence-electron chi connectivity index (χ3n) is 3.67. The van der Waals surface area contributed by atoms with Crippen molar-refractivity contribution >= 4 is 5.97 Å². The van der Waals surface area contributed by atoms with E-state index in [-0.39, 0.29) is 5.97 Å². The second-order valence-electron chi connectivity index (χ2n) is 5.51.